The van der Waals surface area contributed by atoms with Gasteiger partial charge in [0.05, 0.1) is 6.54 Å². The normalized spacial score (nSPS) is 10.0. The van der Waals surface area contributed by atoms with Crippen molar-refractivity contribution in [2.45, 2.75) is 6.42 Å². The van der Waals surface area contributed by atoms with E-state index in [1.807, 2.05) is 6.07 Å². The molecule has 0 unspecified atom stereocenters. The average Bonchev–Trinajstić information content (AvgIpc) is 2.99. The Kier molecular flexibility index (Phi) is 4.82. The number of carbonyl (C=O) groups excluding carboxylic acids is 2. The number of benzene rings is 1. The van der Waals surface area contributed by atoms with Crippen LogP contribution in [0.15, 0.2) is 36.7 Å². The lowest BCUT2D eigenvalue weighted by atomic mass is 10.2. The predicted octanol–water partition coefficient (Wildman–Crippen LogP) is -0.107. The molecule has 2 rings (SSSR count). The summed E-state index contributed by atoms with van der Waals surface area (Å²) in [6, 6.07) is 8.75. The Balaban J connectivity index is 1.66. The zero-order valence-electron chi connectivity index (χ0n) is 10.8. The Morgan fingerprint density at radius 1 is 1.15 bits per heavy atom. The molecule has 1 aromatic carbocycles. The van der Waals surface area contributed by atoms with Gasteiger partial charge >= 0.3 is 0 Å². The van der Waals surface area contributed by atoms with E-state index < -0.39 is 0 Å². The summed E-state index contributed by atoms with van der Waals surface area (Å²) in [5.74, 6) is 0.198. The molecule has 3 N–H and O–H groups in total. The number of rotatable bonds is 6. The number of amides is 2. The van der Waals surface area contributed by atoms with E-state index in [2.05, 4.69) is 25.8 Å². The van der Waals surface area contributed by atoms with E-state index in [9.17, 15) is 9.59 Å². The number of hydrogen-bond donors (Lipinski definition) is 3. The third kappa shape index (κ3) is 4.20. The van der Waals surface area contributed by atoms with Gasteiger partial charge in [-0.3, -0.25) is 14.7 Å². The molecular formula is C13H15N5O2. The number of carbonyl (C=O) groups is 2. The van der Waals surface area contributed by atoms with Crippen molar-refractivity contribution >= 4 is 11.8 Å². The number of nitrogens with zero attached hydrogens (tertiary/aromatic N) is 2. The smallest absolute Gasteiger partial charge is 0.251 e. The molecule has 0 bridgehead atoms. The maximum Gasteiger partial charge on any atom is 0.251 e. The van der Waals surface area contributed by atoms with E-state index in [-0.39, 0.29) is 18.4 Å². The zero-order valence-corrected chi connectivity index (χ0v) is 10.8. The van der Waals surface area contributed by atoms with Gasteiger partial charge in [-0.25, -0.2) is 4.98 Å². The van der Waals surface area contributed by atoms with Gasteiger partial charge in [0, 0.05) is 18.5 Å². The van der Waals surface area contributed by atoms with Gasteiger partial charge in [-0.15, -0.1) is 0 Å². The number of H-pyrrole nitrogens is 1. The standard InChI is InChI=1S/C13H15N5O2/c19-12(14-7-6-11-16-9-17-18-11)8-15-13(20)10-4-2-1-3-5-10/h1-5,9H,6-8H2,(H,14,19)(H,15,20)(H,16,17,18). The lowest BCUT2D eigenvalue weighted by Gasteiger charge is -2.06. The molecule has 20 heavy (non-hydrogen) atoms. The van der Waals surface area contributed by atoms with Crippen molar-refractivity contribution in [1.82, 2.24) is 25.8 Å². The minimum absolute atomic E-state index is 0.0515. The third-order valence-corrected chi connectivity index (χ3v) is 2.59. The fraction of sp³-hybridized carbons (Fsp3) is 0.231. The summed E-state index contributed by atoms with van der Waals surface area (Å²) >= 11 is 0. The van der Waals surface area contributed by atoms with E-state index >= 15 is 0 Å². The van der Waals surface area contributed by atoms with Crippen LogP contribution in [-0.2, 0) is 11.2 Å². The quantitative estimate of drug-likeness (QED) is 0.684. The second kappa shape index (κ2) is 7.03. The monoisotopic (exact) mass is 273 g/mol. The fourth-order valence-electron chi connectivity index (χ4n) is 1.59. The average molecular weight is 273 g/mol. The fourth-order valence-corrected chi connectivity index (χ4v) is 1.59. The van der Waals surface area contributed by atoms with Crippen LogP contribution >= 0.6 is 0 Å². The summed E-state index contributed by atoms with van der Waals surface area (Å²) in [5.41, 5.74) is 0.530. The van der Waals surface area contributed by atoms with Gasteiger partial charge in [0.1, 0.15) is 12.2 Å². The second-order valence-corrected chi connectivity index (χ2v) is 4.08. The molecule has 0 radical (unpaired) electrons. The number of aromatic nitrogens is 3. The molecule has 2 amide bonds. The topological polar surface area (TPSA) is 99.8 Å². The molecule has 0 aliphatic rings. The van der Waals surface area contributed by atoms with Crippen molar-refractivity contribution in [2.75, 3.05) is 13.1 Å². The molecule has 0 aliphatic carbocycles. The first-order valence-electron chi connectivity index (χ1n) is 6.20. The van der Waals surface area contributed by atoms with E-state index in [1.54, 1.807) is 24.3 Å². The summed E-state index contributed by atoms with van der Waals surface area (Å²) in [7, 11) is 0. The van der Waals surface area contributed by atoms with E-state index in [0.29, 0.717) is 24.4 Å². The molecule has 0 fully saturated rings. The highest BCUT2D eigenvalue weighted by Crippen LogP contribution is 1.97. The molecule has 0 atom stereocenters. The van der Waals surface area contributed by atoms with Crippen LogP contribution in [0, 0.1) is 0 Å². The molecule has 7 heteroatoms. The third-order valence-electron chi connectivity index (χ3n) is 2.59. The number of aromatic amines is 1. The molecule has 0 saturated carbocycles. The van der Waals surface area contributed by atoms with E-state index in [0.717, 1.165) is 0 Å². The molecular weight excluding hydrogens is 258 g/mol. The minimum Gasteiger partial charge on any atom is -0.354 e. The van der Waals surface area contributed by atoms with Gasteiger partial charge in [0.15, 0.2) is 0 Å². The maximum atomic E-state index is 11.7. The van der Waals surface area contributed by atoms with E-state index in [1.165, 1.54) is 6.33 Å². The first-order chi connectivity index (χ1) is 9.75. The highest BCUT2D eigenvalue weighted by atomic mass is 16.2. The Bertz CT molecular complexity index is 553. The summed E-state index contributed by atoms with van der Waals surface area (Å²) in [5, 5.41) is 11.6. The molecule has 1 aromatic heterocycles. The van der Waals surface area contributed by atoms with Crippen molar-refractivity contribution in [3.63, 3.8) is 0 Å². The van der Waals surface area contributed by atoms with Crippen LogP contribution in [-0.4, -0.2) is 40.1 Å². The second-order valence-electron chi connectivity index (χ2n) is 4.08. The van der Waals surface area contributed by atoms with Crippen molar-refractivity contribution in [3.8, 4) is 0 Å². The predicted molar refractivity (Wildman–Crippen MR) is 71.9 cm³/mol. The van der Waals surface area contributed by atoms with E-state index in [4.69, 9.17) is 0 Å². The molecule has 1 heterocycles. The Morgan fingerprint density at radius 2 is 1.95 bits per heavy atom. The van der Waals surface area contributed by atoms with Crippen molar-refractivity contribution < 1.29 is 9.59 Å². The molecule has 0 saturated heterocycles. The number of hydrogen-bond acceptors (Lipinski definition) is 4. The number of nitrogens with one attached hydrogen (secondary N) is 3. The van der Waals surface area contributed by atoms with Crippen LogP contribution in [0.5, 0.6) is 0 Å². The Hall–Kier alpha value is -2.70. The Labute approximate surface area is 115 Å². The molecule has 104 valence electrons. The maximum absolute atomic E-state index is 11.7. The largest absolute Gasteiger partial charge is 0.354 e. The molecule has 0 aliphatic heterocycles. The van der Waals surface area contributed by atoms with Crippen molar-refractivity contribution in [3.05, 3.63) is 48.0 Å². The first kappa shape index (κ1) is 13.7. The van der Waals surface area contributed by atoms with Gasteiger partial charge in [0.25, 0.3) is 5.91 Å². The highest BCUT2D eigenvalue weighted by Gasteiger charge is 2.07. The highest BCUT2D eigenvalue weighted by molar-refractivity contribution is 5.96. The lowest BCUT2D eigenvalue weighted by Crippen LogP contribution is -2.37. The van der Waals surface area contributed by atoms with Gasteiger partial charge in [0.2, 0.25) is 5.91 Å². The van der Waals surface area contributed by atoms with Gasteiger partial charge in [-0.2, -0.15) is 5.10 Å². The zero-order chi connectivity index (χ0) is 14.2. The van der Waals surface area contributed by atoms with Crippen LogP contribution in [0.3, 0.4) is 0 Å². The first-order valence-corrected chi connectivity index (χ1v) is 6.20. The molecule has 0 spiro atoms. The SMILES string of the molecule is O=C(CNC(=O)c1ccccc1)NCCc1ncn[nH]1. The molecule has 2 aromatic rings. The van der Waals surface area contributed by atoms with Crippen LogP contribution < -0.4 is 10.6 Å². The van der Waals surface area contributed by atoms with Crippen molar-refractivity contribution in [2.24, 2.45) is 0 Å². The van der Waals surface area contributed by atoms with Gasteiger partial charge < -0.3 is 10.6 Å². The summed E-state index contributed by atoms with van der Waals surface area (Å²) in [6.45, 7) is 0.388. The van der Waals surface area contributed by atoms with Crippen LogP contribution in [0.25, 0.3) is 0 Å². The van der Waals surface area contributed by atoms with Gasteiger partial charge in [-0.05, 0) is 12.1 Å². The minimum atomic E-state index is -0.268. The van der Waals surface area contributed by atoms with Crippen LogP contribution in [0.2, 0.25) is 0 Å². The summed E-state index contributed by atoms with van der Waals surface area (Å²) in [4.78, 5) is 27.2. The Morgan fingerprint density at radius 3 is 2.65 bits per heavy atom. The molecule has 7 nitrogen and oxygen atoms in total. The van der Waals surface area contributed by atoms with Gasteiger partial charge in [-0.1, -0.05) is 18.2 Å². The lowest BCUT2D eigenvalue weighted by molar-refractivity contribution is -0.120. The van der Waals surface area contributed by atoms with Crippen LogP contribution in [0.4, 0.5) is 0 Å². The van der Waals surface area contributed by atoms with Crippen LogP contribution in [0.1, 0.15) is 16.2 Å². The summed E-state index contributed by atoms with van der Waals surface area (Å²) < 4.78 is 0. The van der Waals surface area contributed by atoms with Crippen molar-refractivity contribution in [1.29, 1.82) is 0 Å². The summed E-state index contributed by atoms with van der Waals surface area (Å²) in [6.07, 6.45) is 1.98.